The van der Waals surface area contributed by atoms with Crippen LogP contribution in [0.2, 0.25) is 0 Å². The predicted octanol–water partition coefficient (Wildman–Crippen LogP) is 1.91. The molecule has 0 aliphatic carbocycles. The van der Waals surface area contributed by atoms with Gasteiger partial charge in [-0.3, -0.25) is 14.1 Å². The van der Waals surface area contributed by atoms with Crippen molar-refractivity contribution in [2.75, 3.05) is 19.4 Å². The first-order valence-corrected chi connectivity index (χ1v) is 8.55. The van der Waals surface area contributed by atoms with Gasteiger partial charge in [-0.05, 0) is 35.7 Å². The summed E-state index contributed by atoms with van der Waals surface area (Å²) in [5, 5.41) is 8.26. The summed E-state index contributed by atoms with van der Waals surface area (Å²) in [6, 6.07) is 10.1. The van der Waals surface area contributed by atoms with E-state index in [1.807, 2.05) is 11.4 Å². The summed E-state index contributed by atoms with van der Waals surface area (Å²) in [5.74, 6) is -0.915. The summed E-state index contributed by atoms with van der Waals surface area (Å²) in [7, 11) is 3.33. The van der Waals surface area contributed by atoms with Gasteiger partial charge in [0.2, 0.25) is 5.91 Å². The van der Waals surface area contributed by atoms with Crippen LogP contribution >= 0.6 is 11.3 Å². The first-order valence-electron chi connectivity index (χ1n) is 7.67. The van der Waals surface area contributed by atoms with Crippen molar-refractivity contribution < 1.29 is 14.1 Å². The first-order chi connectivity index (χ1) is 12.5. The summed E-state index contributed by atoms with van der Waals surface area (Å²) in [6.07, 6.45) is 0. The maximum atomic E-state index is 12.3. The Labute approximate surface area is 152 Å². The molecule has 2 amide bonds. The lowest BCUT2D eigenvalue weighted by Gasteiger charge is -2.11. The minimum absolute atomic E-state index is 0.125. The zero-order valence-corrected chi connectivity index (χ0v) is 14.9. The fraction of sp³-hybridized carbons (Fsp3) is 0.176. The monoisotopic (exact) mass is 372 g/mol. The zero-order chi connectivity index (χ0) is 18.7. The highest BCUT2D eigenvalue weighted by Gasteiger charge is 2.17. The molecule has 0 unspecified atom stereocenters. The first kappa shape index (κ1) is 17.6. The lowest BCUT2D eigenvalue weighted by atomic mass is 10.2. The number of benzene rings is 1. The molecule has 134 valence electrons. The van der Waals surface area contributed by atoms with Crippen LogP contribution in [-0.4, -0.2) is 40.5 Å². The van der Waals surface area contributed by atoms with Gasteiger partial charge in [0.15, 0.2) is 5.82 Å². The summed E-state index contributed by atoms with van der Waals surface area (Å²) in [6.45, 7) is -0.228. The molecule has 1 aromatic carbocycles. The number of carbonyl (C=O) groups excluding carboxylic acids is 2. The summed E-state index contributed by atoms with van der Waals surface area (Å²) < 4.78 is 5.85. The Kier molecular flexibility index (Phi) is 4.99. The SMILES string of the molecule is CN(C)C(=O)c1ccc(NC(=O)Cn2c(-c3cccs3)noc2=O)cc1. The van der Waals surface area contributed by atoms with Crippen LogP contribution in [0, 0.1) is 0 Å². The smallest absolute Gasteiger partial charge is 0.345 e. The number of aromatic nitrogens is 2. The highest BCUT2D eigenvalue weighted by molar-refractivity contribution is 7.13. The Morgan fingerprint density at radius 3 is 2.58 bits per heavy atom. The van der Waals surface area contributed by atoms with Gasteiger partial charge in [-0.15, -0.1) is 11.3 Å². The number of hydrogen-bond donors (Lipinski definition) is 1. The molecule has 0 bridgehead atoms. The van der Waals surface area contributed by atoms with E-state index in [0.29, 0.717) is 17.1 Å². The Balaban J connectivity index is 1.71. The molecule has 9 heteroatoms. The van der Waals surface area contributed by atoms with E-state index in [0.717, 1.165) is 4.88 Å². The van der Waals surface area contributed by atoms with Crippen molar-refractivity contribution in [3.63, 3.8) is 0 Å². The zero-order valence-electron chi connectivity index (χ0n) is 14.1. The molecule has 26 heavy (non-hydrogen) atoms. The van der Waals surface area contributed by atoms with E-state index in [1.54, 1.807) is 44.4 Å². The lowest BCUT2D eigenvalue weighted by molar-refractivity contribution is -0.116. The number of thiophene rings is 1. The fourth-order valence-electron chi connectivity index (χ4n) is 2.29. The molecular formula is C17H16N4O4S. The minimum atomic E-state index is -0.699. The molecule has 0 saturated heterocycles. The van der Waals surface area contributed by atoms with Crippen molar-refractivity contribution in [2.24, 2.45) is 0 Å². The molecule has 0 spiro atoms. The third-order valence-electron chi connectivity index (χ3n) is 3.55. The van der Waals surface area contributed by atoms with Gasteiger partial charge in [0.1, 0.15) is 6.54 Å². The largest absolute Gasteiger partial charge is 0.442 e. The highest BCUT2D eigenvalue weighted by Crippen LogP contribution is 2.21. The number of rotatable bonds is 5. The number of anilines is 1. The molecule has 0 saturated carbocycles. The minimum Gasteiger partial charge on any atom is -0.345 e. The molecule has 2 aromatic heterocycles. The summed E-state index contributed by atoms with van der Waals surface area (Å²) in [5.41, 5.74) is 1.04. The van der Waals surface area contributed by atoms with Gasteiger partial charge in [0.05, 0.1) is 4.88 Å². The molecule has 2 heterocycles. The van der Waals surface area contributed by atoms with Crippen molar-refractivity contribution in [1.29, 1.82) is 0 Å². The second kappa shape index (κ2) is 7.36. The van der Waals surface area contributed by atoms with Crippen molar-refractivity contribution in [3.8, 4) is 10.7 Å². The second-order valence-electron chi connectivity index (χ2n) is 5.66. The van der Waals surface area contributed by atoms with Gasteiger partial charge in [-0.1, -0.05) is 11.2 Å². The Morgan fingerprint density at radius 1 is 1.23 bits per heavy atom. The average Bonchev–Trinajstić information content (AvgIpc) is 3.25. The maximum Gasteiger partial charge on any atom is 0.442 e. The molecule has 0 radical (unpaired) electrons. The molecule has 0 fully saturated rings. The van der Waals surface area contributed by atoms with Gasteiger partial charge < -0.3 is 10.2 Å². The van der Waals surface area contributed by atoms with Crippen LogP contribution in [0.1, 0.15) is 10.4 Å². The molecule has 3 aromatic rings. The fourth-order valence-corrected chi connectivity index (χ4v) is 3.00. The van der Waals surface area contributed by atoms with E-state index in [2.05, 4.69) is 15.0 Å². The van der Waals surface area contributed by atoms with E-state index < -0.39 is 11.7 Å². The molecule has 3 rings (SSSR count). The average molecular weight is 372 g/mol. The number of nitrogens with zero attached hydrogens (tertiary/aromatic N) is 3. The highest BCUT2D eigenvalue weighted by atomic mass is 32.1. The Bertz CT molecular complexity index is 971. The van der Waals surface area contributed by atoms with Gasteiger partial charge in [0.25, 0.3) is 5.91 Å². The predicted molar refractivity (Wildman–Crippen MR) is 97.2 cm³/mol. The van der Waals surface area contributed by atoms with E-state index in [-0.39, 0.29) is 12.5 Å². The van der Waals surface area contributed by atoms with E-state index in [9.17, 15) is 14.4 Å². The molecule has 0 atom stereocenters. The Hall–Kier alpha value is -3.20. The third kappa shape index (κ3) is 3.72. The van der Waals surface area contributed by atoms with Gasteiger partial charge in [0, 0.05) is 25.3 Å². The summed E-state index contributed by atoms with van der Waals surface area (Å²) in [4.78, 5) is 38.2. The molecule has 1 N–H and O–H groups in total. The van der Waals surface area contributed by atoms with Crippen LogP contribution in [0.4, 0.5) is 5.69 Å². The lowest BCUT2D eigenvalue weighted by Crippen LogP contribution is -2.25. The Morgan fingerprint density at radius 2 is 1.96 bits per heavy atom. The molecule has 0 aliphatic rings. The number of nitrogens with one attached hydrogen (secondary N) is 1. The van der Waals surface area contributed by atoms with Crippen molar-refractivity contribution in [2.45, 2.75) is 6.54 Å². The van der Waals surface area contributed by atoms with E-state index in [1.165, 1.54) is 20.8 Å². The third-order valence-corrected chi connectivity index (χ3v) is 4.42. The van der Waals surface area contributed by atoms with Crippen molar-refractivity contribution >= 4 is 28.8 Å². The quantitative estimate of drug-likeness (QED) is 0.738. The van der Waals surface area contributed by atoms with Crippen molar-refractivity contribution in [1.82, 2.24) is 14.6 Å². The van der Waals surface area contributed by atoms with Crippen LogP contribution in [0.3, 0.4) is 0 Å². The molecule has 0 aliphatic heterocycles. The van der Waals surface area contributed by atoms with Crippen LogP contribution in [-0.2, 0) is 11.3 Å². The van der Waals surface area contributed by atoms with Gasteiger partial charge in [-0.25, -0.2) is 9.36 Å². The van der Waals surface area contributed by atoms with E-state index in [4.69, 9.17) is 0 Å². The number of hydrogen-bond acceptors (Lipinski definition) is 6. The second-order valence-corrected chi connectivity index (χ2v) is 6.61. The van der Waals surface area contributed by atoms with Crippen LogP contribution in [0.5, 0.6) is 0 Å². The van der Waals surface area contributed by atoms with Crippen LogP contribution in [0.15, 0.2) is 51.1 Å². The standard InChI is InChI=1S/C17H16N4O4S/c1-20(2)16(23)11-5-7-12(8-6-11)18-14(22)10-21-15(19-25-17(21)24)13-4-3-9-26-13/h3-9H,10H2,1-2H3,(H,18,22). The van der Waals surface area contributed by atoms with E-state index >= 15 is 0 Å². The molecular weight excluding hydrogens is 356 g/mol. The van der Waals surface area contributed by atoms with Crippen molar-refractivity contribution in [3.05, 3.63) is 57.9 Å². The topological polar surface area (TPSA) is 97.4 Å². The van der Waals surface area contributed by atoms with Crippen LogP contribution < -0.4 is 11.1 Å². The summed E-state index contributed by atoms with van der Waals surface area (Å²) >= 11 is 1.39. The maximum absolute atomic E-state index is 12.3. The molecule has 8 nitrogen and oxygen atoms in total. The van der Waals surface area contributed by atoms with Gasteiger partial charge >= 0.3 is 5.76 Å². The normalized spacial score (nSPS) is 10.5. The number of amides is 2. The number of carbonyl (C=O) groups is 2. The van der Waals surface area contributed by atoms with Crippen LogP contribution in [0.25, 0.3) is 10.7 Å². The van der Waals surface area contributed by atoms with Gasteiger partial charge in [-0.2, -0.15) is 0 Å².